The molecule has 2 rings (SSSR count). The lowest BCUT2D eigenvalue weighted by Gasteiger charge is -2.41. The SMILES string of the molecule is CCN1CCOC(CNC)C1c1cc(C)ccc1F. The van der Waals surface area contributed by atoms with E-state index in [0.717, 1.165) is 30.8 Å². The van der Waals surface area contributed by atoms with E-state index in [2.05, 4.69) is 17.1 Å². The largest absolute Gasteiger partial charge is 0.374 e. The van der Waals surface area contributed by atoms with Gasteiger partial charge in [-0.15, -0.1) is 0 Å². The second-order valence-corrected chi connectivity index (χ2v) is 5.07. The number of likely N-dealkylation sites (N-methyl/N-ethyl adjacent to an activating group) is 2. The number of benzene rings is 1. The van der Waals surface area contributed by atoms with Gasteiger partial charge in [0.15, 0.2) is 0 Å². The Morgan fingerprint density at radius 3 is 2.95 bits per heavy atom. The third-order valence-corrected chi connectivity index (χ3v) is 3.74. The van der Waals surface area contributed by atoms with Gasteiger partial charge in [0.2, 0.25) is 0 Å². The van der Waals surface area contributed by atoms with Crippen LogP contribution in [0.3, 0.4) is 0 Å². The van der Waals surface area contributed by atoms with Gasteiger partial charge in [-0.3, -0.25) is 4.90 Å². The molecule has 1 saturated heterocycles. The molecule has 1 aromatic carbocycles. The van der Waals surface area contributed by atoms with Gasteiger partial charge >= 0.3 is 0 Å². The molecule has 1 aliphatic heterocycles. The molecule has 106 valence electrons. The zero-order valence-electron chi connectivity index (χ0n) is 11.9. The van der Waals surface area contributed by atoms with Crippen LogP contribution in [0.4, 0.5) is 4.39 Å². The summed E-state index contributed by atoms with van der Waals surface area (Å²) in [6.45, 7) is 7.31. The van der Waals surface area contributed by atoms with Crippen LogP contribution in [0, 0.1) is 12.7 Å². The number of morpholine rings is 1. The van der Waals surface area contributed by atoms with E-state index in [0.29, 0.717) is 6.61 Å². The lowest BCUT2D eigenvalue weighted by Crippen LogP contribution is -2.48. The van der Waals surface area contributed by atoms with Crippen molar-refractivity contribution in [1.82, 2.24) is 10.2 Å². The summed E-state index contributed by atoms with van der Waals surface area (Å²) < 4.78 is 20.0. The molecular formula is C15H23FN2O. The van der Waals surface area contributed by atoms with Crippen molar-refractivity contribution in [2.24, 2.45) is 0 Å². The van der Waals surface area contributed by atoms with Crippen molar-refractivity contribution in [3.8, 4) is 0 Å². The highest BCUT2D eigenvalue weighted by Gasteiger charge is 2.33. The molecule has 1 aromatic rings. The summed E-state index contributed by atoms with van der Waals surface area (Å²) in [4.78, 5) is 2.30. The molecule has 0 spiro atoms. The minimum atomic E-state index is -0.138. The van der Waals surface area contributed by atoms with Crippen LogP contribution in [0.2, 0.25) is 0 Å². The first-order valence-electron chi connectivity index (χ1n) is 6.93. The summed E-state index contributed by atoms with van der Waals surface area (Å²) in [5.41, 5.74) is 1.84. The van der Waals surface area contributed by atoms with Crippen LogP contribution in [0.15, 0.2) is 18.2 Å². The Morgan fingerprint density at radius 2 is 2.26 bits per heavy atom. The molecule has 1 aliphatic rings. The molecule has 0 saturated carbocycles. The number of halogens is 1. The molecule has 1 heterocycles. The van der Waals surface area contributed by atoms with E-state index in [1.54, 1.807) is 6.07 Å². The van der Waals surface area contributed by atoms with Crippen molar-refractivity contribution in [3.05, 3.63) is 35.1 Å². The second kappa shape index (κ2) is 6.46. The standard InChI is InChI=1S/C15H23FN2O/c1-4-18-7-8-19-14(10-17-3)15(18)12-9-11(2)5-6-13(12)16/h5-6,9,14-15,17H,4,7-8,10H2,1-3H3. The van der Waals surface area contributed by atoms with Crippen LogP contribution in [-0.4, -0.2) is 44.3 Å². The molecule has 4 heteroatoms. The maximum atomic E-state index is 14.2. The quantitative estimate of drug-likeness (QED) is 0.903. The Hall–Kier alpha value is -0.970. The van der Waals surface area contributed by atoms with Gasteiger partial charge in [-0.1, -0.05) is 24.6 Å². The van der Waals surface area contributed by atoms with Gasteiger partial charge in [-0.05, 0) is 26.6 Å². The molecule has 0 amide bonds. The van der Waals surface area contributed by atoms with Crippen molar-refractivity contribution in [1.29, 1.82) is 0 Å². The van der Waals surface area contributed by atoms with E-state index in [-0.39, 0.29) is 18.0 Å². The van der Waals surface area contributed by atoms with E-state index < -0.39 is 0 Å². The van der Waals surface area contributed by atoms with Crippen LogP contribution in [0.25, 0.3) is 0 Å². The van der Waals surface area contributed by atoms with E-state index in [4.69, 9.17) is 4.74 Å². The van der Waals surface area contributed by atoms with Crippen LogP contribution in [0.1, 0.15) is 24.1 Å². The fourth-order valence-electron chi connectivity index (χ4n) is 2.80. The Kier molecular flexibility index (Phi) is 4.91. The molecule has 2 unspecified atom stereocenters. The summed E-state index contributed by atoms with van der Waals surface area (Å²) in [6.07, 6.45) is -0.00463. The molecule has 1 N–H and O–H groups in total. The van der Waals surface area contributed by atoms with Gasteiger partial charge in [-0.25, -0.2) is 4.39 Å². The summed E-state index contributed by atoms with van der Waals surface area (Å²) in [7, 11) is 1.90. The predicted molar refractivity (Wildman–Crippen MR) is 74.8 cm³/mol. The van der Waals surface area contributed by atoms with Crippen molar-refractivity contribution < 1.29 is 9.13 Å². The Morgan fingerprint density at radius 1 is 1.47 bits per heavy atom. The van der Waals surface area contributed by atoms with Crippen LogP contribution < -0.4 is 5.32 Å². The molecule has 2 atom stereocenters. The Labute approximate surface area is 114 Å². The molecule has 1 fully saturated rings. The number of nitrogens with zero attached hydrogens (tertiary/aromatic N) is 1. The lowest BCUT2D eigenvalue weighted by atomic mass is 9.96. The molecule has 0 aromatic heterocycles. The van der Waals surface area contributed by atoms with Crippen molar-refractivity contribution in [3.63, 3.8) is 0 Å². The van der Waals surface area contributed by atoms with Gasteiger partial charge in [0.05, 0.1) is 18.8 Å². The minimum Gasteiger partial charge on any atom is -0.374 e. The number of hydrogen-bond acceptors (Lipinski definition) is 3. The van der Waals surface area contributed by atoms with Crippen molar-refractivity contribution in [2.45, 2.75) is 26.0 Å². The first kappa shape index (κ1) is 14.4. The first-order chi connectivity index (χ1) is 9.17. The Bertz CT molecular complexity index is 423. The molecule has 3 nitrogen and oxygen atoms in total. The summed E-state index contributed by atoms with van der Waals surface area (Å²) in [5, 5.41) is 3.14. The van der Waals surface area contributed by atoms with Crippen molar-refractivity contribution >= 4 is 0 Å². The molecule has 0 radical (unpaired) electrons. The summed E-state index contributed by atoms with van der Waals surface area (Å²) in [6, 6.07) is 5.31. The summed E-state index contributed by atoms with van der Waals surface area (Å²) >= 11 is 0. The fourth-order valence-corrected chi connectivity index (χ4v) is 2.80. The lowest BCUT2D eigenvalue weighted by molar-refractivity contribution is -0.0696. The smallest absolute Gasteiger partial charge is 0.128 e. The number of hydrogen-bond donors (Lipinski definition) is 1. The Balaban J connectivity index is 2.36. The molecular weight excluding hydrogens is 243 g/mol. The summed E-state index contributed by atoms with van der Waals surface area (Å²) in [5.74, 6) is -0.138. The second-order valence-electron chi connectivity index (χ2n) is 5.07. The highest BCUT2D eigenvalue weighted by atomic mass is 19.1. The minimum absolute atomic E-state index is 0.00463. The average molecular weight is 266 g/mol. The zero-order chi connectivity index (χ0) is 13.8. The van der Waals surface area contributed by atoms with E-state index >= 15 is 0 Å². The predicted octanol–water partition coefficient (Wildman–Crippen LogP) is 2.12. The average Bonchev–Trinajstić information content (AvgIpc) is 2.42. The molecule has 0 bridgehead atoms. The number of nitrogens with one attached hydrogen (secondary N) is 1. The highest BCUT2D eigenvalue weighted by molar-refractivity contribution is 5.28. The molecule has 19 heavy (non-hydrogen) atoms. The van der Waals surface area contributed by atoms with Crippen molar-refractivity contribution in [2.75, 3.05) is 33.3 Å². The van der Waals surface area contributed by atoms with Gasteiger partial charge in [0.25, 0.3) is 0 Å². The maximum absolute atomic E-state index is 14.2. The van der Waals surface area contributed by atoms with E-state index in [1.807, 2.05) is 26.1 Å². The van der Waals surface area contributed by atoms with Crippen LogP contribution >= 0.6 is 0 Å². The number of ether oxygens (including phenoxy) is 1. The zero-order valence-corrected chi connectivity index (χ0v) is 11.9. The maximum Gasteiger partial charge on any atom is 0.128 e. The van der Waals surface area contributed by atoms with E-state index in [9.17, 15) is 4.39 Å². The monoisotopic (exact) mass is 266 g/mol. The fraction of sp³-hybridized carbons (Fsp3) is 0.600. The third kappa shape index (κ3) is 3.14. The van der Waals surface area contributed by atoms with Crippen LogP contribution in [-0.2, 0) is 4.74 Å². The third-order valence-electron chi connectivity index (χ3n) is 3.74. The van der Waals surface area contributed by atoms with Gasteiger partial charge in [0, 0.05) is 18.7 Å². The van der Waals surface area contributed by atoms with Crippen LogP contribution in [0.5, 0.6) is 0 Å². The number of rotatable bonds is 4. The normalized spacial score (nSPS) is 24.6. The number of aryl methyl sites for hydroxylation is 1. The topological polar surface area (TPSA) is 24.5 Å². The van der Waals surface area contributed by atoms with E-state index in [1.165, 1.54) is 0 Å². The van der Waals surface area contributed by atoms with Gasteiger partial charge < -0.3 is 10.1 Å². The highest BCUT2D eigenvalue weighted by Crippen LogP contribution is 2.31. The first-order valence-corrected chi connectivity index (χ1v) is 6.93. The van der Waals surface area contributed by atoms with Gasteiger partial charge in [0.1, 0.15) is 5.82 Å². The van der Waals surface area contributed by atoms with Gasteiger partial charge in [-0.2, -0.15) is 0 Å². The molecule has 0 aliphatic carbocycles.